The monoisotopic (exact) mass is 1100 g/mol. The van der Waals surface area contributed by atoms with Crippen molar-refractivity contribution in [2.75, 3.05) is 13.1 Å². The molecule has 0 aliphatic carbocycles. The normalized spacial score (nSPS) is 14.1. The number of primary amides is 1. The molecule has 8 amide bonds. The van der Waals surface area contributed by atoms with Crippen molar-refractivity contribution < 1.29 is 53.4 Å². The molecule has 16 N–H and O–H groups in total. The molecule has 0 saturated heterocycles. The minimum atomic E-state index is -1.44. The molecule has 79 heavy (non-hydrogen) atoms. The Morgan fingerprint density at radius 1 is 0.557 bits per heavy atom. The van der Waals surface area contributed by atoms with E-state index >= 15 is 0 Å². The topological polar surface area (TPSA) is 381 Å². The Morgan fingerprint density at radius 3 is 1.68 bits per heavy atom. The summed E-state index contributed by atoms with van der Waals surface area (Å²) in [6.07, 6.45) is 1.56. The molecule has 0 unspecified atom stereocenters. The second-order valence-corrected chi connectivity index (χ2v) is 20.3. The van der Waals surface area contributed by atoms with Crippen molar-refractivity contribution in [2.24, 2.45) is 34.0 Å². The lowest BCUT2D eigenvalue weighted by Crippen LogP contribution is -2.60. The number of nitrogens with two attached hydrogens (primary N) is 3. The third-order valence-electron chi connectivity index (χ3n) is 12.7. The molecule has 23 heteroatoms. The number of carbonyl (C=O) groups excluding carboxylic acids is 8. The van der Waals surface area contributed by atoms with Crippen LogP contribution in [0.15, 0.2) is 89.9 Å². The van der Waals surface area contributed by atoms with E-state index in [1.165, 1.54) is 19.1 Å². The van der Waals surface area contributed by atoms with Crippen LogP contribution >= 0.6 is 0 Å². The second-order valence-electron chi connectivity index (χ2n) is 20.3. The molecule has 0 bridgehead atoms. The number of unbranched alkanes of at least 4 members (excludes halogenated alkanes) is 1. The van der Waals surface area contributed by atoms with Gasteiger partial charge in [0.1, 0.15) is 42.0 Å². The van der Waals surface area contributed by atoms with Crippen LogP contribution in [0.5, 0.6) is 5.75 Å². The van der Waals surface area contributed by atoms with Crippen LogP contribution in [-0.2, 0) is 51.2 Å². The van der Waals surface area contributed by atoms with E-state index in [1.54, 1.807) is 86.6 Å². The number of hydrogen-bond acceptors (Lipinski definition) is 12. The highest BCUT2D eigenvalue weighted by molar-refractivity contribution is 5.99. The van der Waals surface area contributed by atoms with E-state index in [2.05, 4.69) is 47.5 Å². The lowest BCUT2D eigenvalue weighted by atomic mass is 9.98. The maximum absolute atomic E-state index is 14.6. The molecule has 0 aliphatic rings. The van der Waals surface area contributed by atoms with E-state index in [-0.39, 0.29) is 69.2 Å². The first-order valence-electron chi connectivity index (χ1n) is 26.8. The van der Waals surface area contributed by atoms with Gasteiger partial charge in [0.15, 0.2) is 5.96 Å². The van der Waals surface area contributed by atoms with E-state index in [4.69, 9.17) is 17.2 Å². The van der Waals surface area contributed by atoms with Gasteiger partial charge in [0.2, 0.25) is 41.4 Å². The molecule has 0 saturated carbocycles. The molecule has 0 aromatic heterocycles. The van der Waals surface area contributed by atoms with Crippen molar-refractivity contribution in [1.29, 1.82) is 0 Å². The Morgan fingerprint density at radius 2 is 1.10 bits per heavy atom. The van der Waals surface area contributed by atoms with Gasteiger partial charge in [-0.15, -0.1) is 0 Å². The fraction of sp³-hybridized carbons (Fsp3) is 0.500. The summed E-state index contributed by atoms with van der Waals surface area (Å²) in [5.41, 5.74) is 18.2. The van der Waals surface area contributed by atoms with Gasteiger partial charge < -0.3 is 69.9 Å². The highest BCUT2D eigenvalue weighted by atomic mass is 16.4. The van der Waals surface area contributed by atoms with Gasteiger partial charge in [0, 0.05) is 31.1 Å². The van der Waals surface area contributed by atoms with Crippen LogP contribution in [0.1, 0.15) is 114 Å². The van der Waals surface area contributed by atoms with E-state index < -0.39 is 114 Å². The van der Waals surface area contributed by atoms with Gasteiger partial charge >= 0.3 is 5.97 Å². The maximum atomic E-state index is 14.6. The first-order valence-corrected chi connectivity index (χ1v) is 26.8. The average molecular weight is 1100 g/mol. The fourth-order valence-corrected chi connectivity index (χ4v) is 8.32. The van der Waals surface area contributed by atoms with Crippen LogP contribution in [-0.4, -0.2) is 131 Å². The van der Waals surface area contributed by atoms with Crippen molar-refractivity contribution in [1.82, 2.24) is 42.5 Å². The summed E-state index contributed by atoms with van der Waals surface area (Å²) >= 11 is 0. The Labute approximate surface area is 462 Å². The minimum Gasteiger partial charge on any atom is -0.508 e. The van der Waals surface area contributed by atoms with Gasteiger partial charge in [0.25, 0.3) is 5.91 Å². The van der Waals surface area contributed by atoms with Crippen molar-refractivity contribution in [3.8, 4) is 5.75 Å². The molecule has 3 aromatic rings. The number of rotatable bonds is 35. The molecule has 0 aliphatic heterocycles. The van der Waals surface area contributed by atoms with Gasteiger partial charge in [-0.2, -0.15) is 0 Å². The highest BCUT2D eigenvalue weighted by Crippen LogP contribution is 2.15. The number of benzene rings is 3. The predicted molar refractivity (Wildman–Crippen MR) is 298 cm³/mol. The van der Waals surface area contributed by atoms with Gasteiger partial charge in [-0.05, 0) is 99.1 Å². The van der Waals surface area contributed by atoms with E-state index in [0.717, 1.165) is 6.42 Å². The number of carboxylic acid groups (broad SMARTS) is 1. The molecule has 0 spiro atoms. The largest absolute Gasteiger partial charge is 0.508 e. The number of hydrogen-bond donors (Lipinski definition) is 13. The number of guanidine groups is 1. The third kappa shape index (κ3) is 24.4. The Hall–Kier alpha value is -8.08. The molecule has 8 atom stereocenters. The quantitative estimate of drug-likeness (QED) is 0.0223. The predicted octanol–water partition coefficient (Wildman–Crippen LogP) is 1.16. The van der Waals surface area contributed by atoms with Crippen molar-refractivity contribution in [3.05, 3.63) is 102 Å². The van der Waals surface area contributed by atoms with Crippen molar-refractivity contribution in [3.63, 3.8) is 0 Å². The van der Waals surface area contributed by atoms with Gasteiger partial charge in [0.05, 0.1) is 6.04 Å². The number of aliphatic carboxylic acids is 1. The zero-order valence-corrected chi connectivity index (χ0v) is 46.1. The molecule has 23 nitrogen and oxygen atoms in total. The van der Waals surface area contributed by atoms with E-state index in [1.807, 2.05) is 20.8 Å². The minimum absolute atomic E-state index is 0.00254. The molecule has 0 heterocycles. The Bertz CT molecular complexity index is 2490. The summed E-state index contributed by atoms with van der Waals surface area (Å²) in [6.45, 7) is 10.5. The smallest absolute Gasteiger partial charge is 0.303 e. The number of aliphatic imine (C=N–C) groups is 1. The molecular weight excluding hydrogens is 1020 g/mol. The number of nitrogens with one attached hydrogen (secondary N) is 8. The molecule has 432 valence electrons. The van der Waals surface area contributed by atoms with Crippen LogP contribution in [0.3, 0.4) is 0 Å². The first kappa shape index (κ1) is 65.2. The highest BCUT2D eigenvalue weighted by Gasteiger charge is 2.34. The van der Waals surface area contributed by atoms with Crippen molar-refractivity contribution in [2.45, 2.75) is 154 Å². The summed E-state index contributed by atoms with van der Waals surface area (Å²) in [5.74, 6) is -7.44. The number of nitrogens with zero attached hydrogens (tertiary/aromatic N) is 1. The summed E-state index contributed by atoms with van der Waals surface area (Å²) < 4.78 is 0. The van der Waals surface area contributed by atoms with Crippen LogP contribution in [0, 0.1) is 11.8 Å². The summed E-state index contributed by atoms with van der Waals surface area (Å²) in [5, 5.41) is 42.1. The molecule has 0 radical (unpaired) electrons. The van der Waals surface area contributed by atoms with E-state index in [9.17, 15) is 53.4 Å². The van der Waals surface area contributed by atoms with Gasteiger partial charge in [-0.1, -0.05) is 108 Å². The molecule has 3 aromatic carbocycles. The zero-order valence-electron chi connectivity index (χ0n) is 46.1. The number of carbonyl (C=O) groups is 9. The lowest BCUT2D eigenvalue weighted by Gasteiger charge is -2.30. The summed E-state index contributed by atoms with van der Waals surface area (Å²) in [6, 6.07) is 14.6. The Balaban J connectivity index is 1.92. The maximum Gasteiger partial charge on any atom is 0.303 e. The number of phenolic OH excluding ortho intramolecular Hbond substituents is 1. The van der Waals surface area contributed by atoms with Crippen LogP contribution in [0.2, 0.25) is 0 Å². The number of amides is 8. The van der Waals surface area contributed by atoms with Crippen LogP contribution in [0.25, 0.3) is 0 Å². The van der Waals surface area contributed by atoms with Gasteiger partial charge in [-0.25, -0.2) is 0 Å². The second kappa shape index (κ2) is 33.9. The lowest BCUT2D eigenvalue weighted by molar-refractivity contribution is -0.138. The first-order chi connectivity index (χ1) is 37.5. The summed E-state index contributed by atoms with van der Waals surface area (Å²) in [7, 11) is 0. The molecule has 0 fully saturated rings. The third-order valence-corrected chi connectivity index (χ3v) is 12.7. The number of carboxylic acids is 1. The zero-order chi connectivity index (χ0) is 58.6. The SMILES string of the molecule is CCCC[C@H](NC(=O)[C@H](C)NC(=O)[C@H](CCC(=O)O)NC(=O)[C@H](Cc1ccccc1)NC[C@H](Cc1ccc(O)cc1)NC(=O)[C@H](CC(C)C)NC(=O)[C@@H](NC(=O)[C@H](CCCN=C(N)N)NC(=O)c1ccccc1)C(C)C)C(N)=O. The standard InChI is InChI=1S/C56H82N12O11/c1-7-8-20-41(48(57)72)64-49(73)35(6)62-51(75)43(26-27-46(70)71)66-53(77)44(31-36-16-11-9-12-17-36)61-32-39(30-37-22-24-40(69)25-23-37)63-54(78)45(29-33(2)3)67-55(79)47(34(4)5)68-52(76)42(21-15-28-60-56(58)59)65-50(74)38-18-13-10-14-19-38/h9-14,16-19,22-25,33-35,39,41-45,47,61,69H,7-8,15,20-21,26-32H2,1-6H3,(H2,57,72)(H,62,75)(H,63,78)(H,64,73)(H,65,74)(H,66,77)(H,67,79)(H,68,76)(H,70,71)(H4,58,59,60)/t35-,39-,41-,42-,43-,44-,45-,47-/m0/s1. The van der Waals surface area contributed by atoms with Crippen LogP contribution in [0.4, 0.5) is 0 Å². The fourth-order valence-electron chi connectivity index (χ4n) is 8.32. The average Bonchev–Trinajstić information content (AvgIpc) is 3.40. The van der Waals surface area contributed by atoms with E-state index in [0.29, 0.717) is 29.5 Å². The Kier molecular flexibility index (Phi) is 28.0. The number of phenols is 1. The number of aromatic hydroxyl groups is 1. The van der Waals surface area contributed by atoms with Crippen molar-refractivity contribution >= 4 is 59.2 Å². The molecular formula is C56H82N12O11. The van der Waals surface area contributed by atoms with Crippen LogP contribution < -0.4 is 59.7 Å². The molecule has 3 rings (SSSR count). The van der Waals surface area contributed by atoms with Gasteiger partial charge in [-0.3, -0.25) is 48.1 Å². The summed E-state index contributed by atoms with van der Waals surface area (Å²) in [4.78, 5) is 125.